The minimum atomic E-state index is -0.468. The summed E-state index contributed by atoms with van der Waals surface area (Å²) in [7, 11) is 1.63. The van der Waals surface area contributed by atoms with Gasteiger partial charge in [-0.1, -0.05) is 0 Å². The Hall–Kier alpha value is -2.38. The van der Waals surface area contributed by atoms with Crippen molar-refractivity contribution < 1.29 is 4.92 Å². The van der Waals surface area contributed by atoms with Crippen LogP contribution in [-0.2, 0) is 7.05 Å². The predicted molar refractivity (Wildman–Crippen MR) is 60.5 cm³/mol. The molecular weight excluding hydrogens is 224 g/mol. The smallest absolute Gasteiger partial charge is 0.330 e. The Bertz CT molecular complexity index is 518. The van der Waals surface area contributed by atoms with Gasteiger partial charge in [0, 0.05) is 19.4 Å². The summed E-state index contributed by atoms with van der Waals surface area (Å²) in [4.78, 5) is 17.3. The van der Waals surface area contributed by atoms with Crippen LogP contribution in [-0.4, -0.2) is 24.7 Å². The molecule has 2 heterocycles. The fourth-order valence-corrected chi connectivity index (χ4v) is 1.50. The van der Waals surface area contributed by atoms with E-state index in [4.69, 9.17) is 0 Å². The lowest BCUT2D eigenvalue weighted by Crippen LogP contribution is -2.10. The number of nitrogens with one attached hydrogen (secondary N) is 2. The van der Waals surface area contributed by atoms with E-state index < -0.39 is 4.92 Å². The minimum Gasteiger partial charge on any atom is -0.353 e. The Morgan fingerprint density at radius 2 is 2.41 bits per heavy atom. The van der Waals surface area contributed by atoms with E-state index in [2.05, 4.69) is 20.4 Å². The van der Waals surface area contributed by atoms with Crippen molar-refractivity contribution in [1.29, 1.82) is 0 Å². The third-order valence-corrected chi connectivity index (χ3v) is 2.29. The van der Waals surface area contributed by atoms with Crippen molar-refractivity contribution in [2.45, 2.75) is 13.0 Å². The Balaban J connectivity index is 2.21. The van der Waals surface area contributed by atoms with Gasteiger partial charge in [-0.3, -0.25) is 14.8 Å². The predicted octanol–water partition coefficient (Wildman–Crippen LogP) is 1.22. The first-order valence-electron chi connectivity index (χ1n) is 5.01. The molecule has 0 spiro atoms. The van der Waals surface area contributed by atoms with Crippen LogP contribution in [0.1, 0.15) is 18.8 Å². The van der Waals surface area contributed by atoms with E-state index in [-0.39, 0.29) is 17.5 Å². The number of imidazole rings is 1. The monoisotopic (exact) mass is 236 g/mol. The maximum atomic E-state index is 10.8. The molecule has 0 fully saturated rings. The Morgan fingerprint density at radius 1 is 1.65 bits per heavy atom. The number of hydrogen-bond acceptors (Lipinski definition) is 5. The van der Waals surface area contributed by atoms with Gasteiger partial charge in [0.2, 0.25) is 5.82 Å². The van der Waals surface area contributed by atoms with Crippen LogP contribution in [0.2, 0.25) is 0 Å². The van der Waals surface area contributed by atoms with Gasteiger partial charge in [-0.05, 0) is 6.92 Å². The van der Waals surface area contributed by atoms with Crippen LogP contribution in [0, 0.1) is 10.1 Å². The lowest BCUT2D eigenvalue weighted by molar-refractivity contribution is -0.384. The van der Waals surface area contributed by atoms with Gasteiger partial charge in [-0.15, -0.1) is 5.10 Å². The summed E-state index contributed by atoms with van der Waals surface area (Å²) >= 11 is 0. The summed E-state index contributed by atoms with van der Waals surface area (Å²) in [5.41, 5.74) is -0.0501. The molecule has 0 saturated heterocycles. The molecule has 0 aliphatic rings. The molecule has 1 unspecified atom stereocenters. The van der Waals surface area contributed by atoms with Gasteiger partial charge in [-0.25, -0.2) is 4.98 Å². The topological polar surface area (TPSA) is 102 Å². The van der Waals surface area contributed by atoms with E-state index in [0.717, 1.165) is 0 Å². The summed E-state index contributed by atoms with van der Waals surface area (Å²) in [6.45, 7) is 1.84. The Kier molecular flexibility index (Phi) is 2.77. The van der Waals surface area contributed by atoms with Crippen LogP contribution in [0.5, 0.6) is 0 Å². The first-order valence-corrected chi connectivity index (χ1v) is 5.01. The number of hydrogen-bond donors (Lipinski definition) is 2. The molecule has 0 bridgehead atoms. The largest absolute Gasteiger partial charge is 0.353 e. The van der Waals surface area contributed by atoms with Crippen LogP contribution in [0.25, 0.3) is 0 Å². The van der Waals surface area contributed by atoms with Gasteiger partial charge in [0.05, 0.1) is 11.0 Å². The zero-order valence-electron chi connectivity index (χ0n) is 9.41. The summed E-state index contributed by atoms with van der Waals surface area (Å²) < 4.78 is 1.40. The van der Waals surface area contributed by atoms with Crippen LogP contribution in [0.3, 0.4) is 0 Å². The van der Waals surface area contributed by atoms with Gasteiger partial charge >= 0.3 is 5.69 Å². The molecule has 0 saturated carbocycles. The average molecular weight is 236 g/mol. The lowest BCUT2D eigenvalue weighted by Gasteiger charge is -2.09. The van der Waals surface area contributed by atoms with Gasteiger partial charge < -0.3 is 10.3 Å². The number of nitrogens with zero attached hydrogens (tertiary/aromatic N) is 4. The summed E-state index contributed by atoms with van der Waals surface area (Å²) in [5.74, 6) is 0.936. The lowest BCUT2D eigenvalue weighted by atomic mass is 10.3. The number of nitro groups is 1. The second-order valence-corrected chi connectivity index (χ2v) is 3.63. The number of aryl methyl sites for hydroxylation is 1. The zero-order valence-corrected chi connectivity index (χ0v) is 9.41. The Morgan fingerprint density at radius 3 is 3.00 bits per heavy atom. The molecule has 2 N–H and O–H groups in total. The molecule has 2 rings (SSSR count). The molecular formula is C9H12N6O2. The molecule has 0 aromatic carbocycles. The maximum Gasteiger partial charge on any atom is 0.330 e. The fraction of sp³-hybridized carbons (Fsp3) is 0.333. The van der Waals surface area contributed by atoms with E-state index in [9.17, 15) is 10.1 Å². The molecule has 8 nitrogen and oxygen atoms in total. The molecule has 0 aliphatic heterocycles. The molecule has 2 aromatic heterocycles. The molecule has 17 heavy (non-hydrogen) atoms. The molecule has 1 atom stereocenters. The molecule has 0 radical (unpaired) electrons. The summed E-state index contributed by atoms with van der Waals surface area (Å²) in [5, 5.41) is 17.7. The number of aromatic nitrogens is 4. The minimum absolute atomic E-state index is 0.0501. The van der Waals surface area contributed by atoms with Crippen molar-refractivity contribution in [2.24, 2.45) is 7.05 Å². The molecule has 0 aliphatic carbocycles. The van der Waals surface area contributed by atoms with Crippen LogP contribution < -0.4 is 5.32 Å². The highest BCUT2D eigenvalue weighted by Gasteiger charge is 2.20. The van der Waals surface area contributed by atoms with Gasteiger partial charge in [0.15, 0.2) is 0 Å². The van der Waals surface area contributed by atoms with E-state index >= 15 is 0 Å². The first-order chi connectivity index (χ1) is 8.08. The fourth-order valence-electron chi connectivity index (χ4n) is 1.50. The van der Waals surface area contributed by atoms with Crippen molar-refractivity contribution in [2.75, 3.05) is 5.32 Å². The second kappa shape index (κ2) is 4.24. The highest BCUT2D eigenvalue weighted by molar-refractivity contribution is 5.55. The molecule has 0 amide bonds. The maximum absolute atomic E-state index is 10.8. The molecule has 8 heteroatoms. The zero-order chi connectivity index (χ0) is 12.4. The van der Waals surface area contributed by atoms with Crippen molar-refractivity contribution in [1.82, 2.24) is 19.7 Å². The first kappa shape index (κ1) is 11.1. The van der Waals surface area contributed by atoms with Crippen LogP contribution in [0.15, 0.2) is 18.6 Å². The highest BCUT2D eigenvalue weighted by atomic mass is 16.6. The van der Waals surface area contributed by atoms with E-state index in [1.165, 1.54) is 10.9 Å². The SMILES string of the molecule is CC(Nc1nn(C)cc1[N+](=O)[O-])c1ncc[nH]1. The Labute approximate surface area is 96.8 Å². The quantitative estimate of drug-likeness (QED) is 0.614. The second-order valence-electron chi connectivity index (χ2n) is 3.63. The van der Waals surface area contributed by atoms with Crippen molar-refractivity contribution in [3.05, 3.63) is 34.5 Å². The third kappa shape index (κ3) is 2.25. The van der Waals surface area contributed by atoms with Gasteiger partial charge in [0.1, 0.15) is 12.0 Å². The van der Waals surface area contributed by atoms with Crippen molar-refractivity contribution in [3.8, 4) is 0 Å². The van der Waals surface area contributed by atoms with Crippen molar-refractivity contribution >= 4 is 11.5 Å². The molecule has 2 aromatic rings. The van der Waals surface area contributed by atoms with Gasteiger partial charge in [-0.2, -0.15) is 0 Å². The third-order valence-electron chi connectivity index (χ3n) is 2.29. The van der Waals surface area contributed by atoms with Crippen LogP contribution >= 0.6 is 0 Å². The van der Waals surface area contributed by atoms with E-state index in [1.807, 2.05) is 6.92 Å². The number of H-pyrrole nitrogens is 1. The number of anilines is 1. The summed E-state index contributed by atoms with van der Waals surface area (Å²) in [6.07, 6.45) is 4.68. The number of aromatic amines is 1. The average Bonchev–Trinajstić information content (AvgIpc) is 2.86. The van der Waals surface area contributed by atoms with Crippen LogP contribution in [0.4, 0.5) is 11.5 Å². The molecule has 90 valence electrons. The van der Waals surface area contributed by atoms with Crippen molar-refractivity contribution in [3.63, 3.8) is 0 Å². The standard InChI is InChI=1S/C9H12N6O2/c1-6(8-10-3-4-11-8)12-9-7(15(16)17)5-14(2)13-9/h3-6H,1-2H3,(H,10,11)(H,12,13). The van der Waals surface area contributed by atoms with E-state index in [0.29, 0.717) is 5.82 Å². The highest BCUT2D eigenvalue weighted by Crippen LogP contribution is 2.24. The normalized spacial score (nSPS) is 12.4. The number of rotatable bonds is 4. The van der Waals surface area contributed by atoms with E-state index in [1.54, 1.807) is 19.4 Å². The summed E-state index contributed by atoms with van der Waals surface area (Å²) in [6, 6.07) is -0.182. The van der Waals surface area contributed by atoms with Gasteiger partial charge in [0.25, 0.3) is 0 Å².